The summed E-state index contributed by atoms with van der Waals surface area (Å²) in [5, 5.41) is 2.73. The van der Waals surface area contributed by atoms with E-state index < -0.39 is 10.0 Å². The average molecular weight is 299 g/mol. The summed E-state index contributed by atoms with van der Waals surface area (Å²) in [7, 11) is -2.08. The fourth-order valence-corrected chi connectivity index (χ4v) is 2.40. The molecule has 112 valence electrons. The van der Waals surface area contributed by atoms with Crippen molar-refractivity contribution in [2.75, 3.05) is 18.9 Å². The van der Waals surface area contributed by atoms with Gasteiger partial charge in [0, 0.05) is 12.1 Å². The number of sulfonamides is 1. The van der Waals surface area contributed by atoms with Gasteiger partial charge in [0.15, 0.2) is 0 Å². The third kappa shape index (κ3) is 5.28. The van der Waals surface area contributed by atoms with Crippen LogP contribution in [0.15, 0.2) is 29.2 Å². The van der Waals surface area contributed by atoms with Crippen molar-refractivity contribution in [1.29, 1.82) is 0 Å². The monoisotopic (exact) mass is 299 g/mol. The molecule has 0 bridgehead atoms. The first-order chi connectivity index (χ1) is 9.49. The SMILES string of the molecule is CNS(=O)(=O)c1ccc(NC(=O)CCCCCN)cc1. The van der Waals surface area contributed by atoms with Crippen LogP contribution in [-0.2, 0) is 14.8 Å². The van der Waals surface area contributed by atoms with Crippen LogP contribution in [0.2, 0.25) is 0 Å². The fraction of sp³-hybridized carbons (Fsp3) is 0.462. The van der Waals surface area contributed by atoms with Crippen molar-refractivity contribution in [2.24, 2.45) is 5.73 Å². The third-order valence-corrected chi connectivity index (χ3v) is 4.26. The summed E-state index contributed by atoms with van der Waals surface area (Å²) in [5.41, 5.74) is 5.96. The predicted molar refractivity (Wildman–Crippen MR) is 78.8 cm³/mol. The summed E-state index contributed by atoms with van der Waals surface area (Å²) in [5.74, 6) is -0.0776. The number of anilines is 1. The lowest BCUT2D eigenvalue weighted by molar-refractivity contribution is -0.116. The van der Waals surface area contributed by atoms with Crippen molar-refractivity contribution in [3.05, 3.63) is 24.3 Å². The van der Waals surface area contributed by atoms with Gasteiger partial charge in [0.2, 0.25) is 15.9 Å². The number of nitrogens with two attached hydrogens (primary N) is 1. The van der Waals surface area contributed by atoms with Gasteiger partial charge in [-0.2, -0.15) is 0 Å². The van der Waals surface area contributed by atoms with Gasteiger partial charge in [-0.25, -0.2) is 13.1 Å². The topological polar surface area (TPSA) is 101 Å². The smallest absolute Gasteiger partial charge is 0.240 e. The summed E-state index contributed by atoms with van der Waals surface area (Å²) in [6.07, 6.45) is 3.10. The minimum atomic E-state index is -3.44. The molecule has 0 radical (unpaired) electrons. The lowest BCUT2D eigenvalue weighted by Gasteiger charge is -2.07. The van der Waals surface area contributed by atoms with E-state index in [1.54, 1.807) is 12.1 Å². The summed E-state index contributed by atoms with van der Waals surface area (Å²) >= 11 is 0. The van der Waals surface area contributed by atoms with Crippen LogP contribution in [-0.4, -0.2) is 27.9 Å². The zero-order valence-corrected chi connectivity index (χ0v) is 12.4. The molecular weight excluding hydrogens is 278 g/mol. The summed E-state index contributed by atoms with van der Waals surface area (Å²) in [6.45, 7) is 0.642. The van der Waals surface area contributed by atoms with Crippen LogP contribution in [0.4, 0.5) is 5.69 Å². The Kier molecular flexibility index (Phi) is 6.63. The first-order valence-corrected chi connectivity index (χ1v) is 8.01. The largest absolute Gasteiger partial charge is 0.330 e. The lowest BCUT2D eigenvalue weighted by atomic mass is 10.2. The van der Waals surface area contributed by atoms with Gasteiger partial charge in [0.25, 0.3) is 0 Å². The van der Waals surface area contributed by atoms with Gasteiger partial charge in [-0.15, -0.1) is 0 Å². The van der Waals surface area contributed by atoms with E-state index in [0.717, 1.165) is 19.3 Å². The molecular formula is C13H21N3O3S. The molecule has 0 aliphatic carbocycles. The number of hydrogen-bond donors (Lipinski definition) is 3. The Labute approximate surface area is 119 Å². The predicted octanol–water partition coefficient (Wildman–Crippen LogP) is 1.05. The van der Waals surface area contributed by atoms with Crippen molar-refractivity contribution < 1.29 is 13.2 Å². The molecule has 0 atom stereocenters. The molecule has 4 N–H and O–H groups in total. The molecule has 1 rings (SSSR count). The Hall–Kier alpha value is -1.44. The standard InChI is InChI=1S/C13H21N3O3S/c1-15-20(18,19)12-8-6-11(7-9-12)16-13(17)5-3-2-4-10-14/h6-9,15H,2-5,10,14H2,1H3,(H,16,17). The maximum Gasteiger partial charge on any atom is 0.240 e. The van der Waals surface area contributed by atoms with Crippen molar-refractivity contribution in [2.45, 2.75) is 30.6 Å². The number of unbranched alkanes of at least 4 members (excludes halogenated alkanes) is 2. The van der Waals surface area contributed by atoms with Crippen LogP contribution in [0.5, 0.6) is 0 Å². The Morgan fingerprint density at radius 2 is 1.80 bits per heavy atom. The van der Waals surface area contributed by atoms with E-state index in [4.69, 9.17) is 5.73 Å². The zero-order chi connectivity index (χ0) is 15.0. The molecule has 0 spiro atoms. The number of benzene rings is 1. The Bertz CT molecular complexity index is 526. The van der Waals surface area contributed by atoms with Gasteiger partial charge in [-0.1, -0.05) is 6.42 Å². The van der Waals surface area contributed by atoms with Crippen molar-refractivity contribution in [3.63, 3.8) is 0 Å². The fourth-order valence-electron chi connectivity index (χ4n) is 1.67. The number of hydrogen-bond acceptors (Lipinski definition) is 4. The van der Waals surface area contributed by atoms with E-state index in [0.29, 0.717) is 18.7 Å². The molecule has 0 unspecified atom stereocenters. The number of carbonyl (C=O) groups is 1. The Morgan fingerprint density at radius 3 is 2.35 bits per heavy atom. The van der Waals surface area contributed by atoms with Crippen molar-refractivity contribution in [3.8, 4) is 0 Å². The zero-order valence-electron chi connectivity index (χ0n) is 11.6. The summed E-state index contributed by atoms with van der Waals surface area (Å²) < 4.78 is 25.3. The highest BCUT2D eigenvalue weighted by Crippen LogP contribution is 2.14. The Morgan fingerprint density at radius 1 is 1.15 bits per heavy atom. The van der Waals surface area contributed by atoms with E-state index in [1.807, 2.05) is 0 Å². The maximum absolute atomic E-state index is 11.6. The van der Waals surface area contributed by atoms with Crippen LogP contribution in [0.1, 0.15) is 25.7 Å². The van der Waals surface area contributed by atoms with Gasteiger partial charge >= 0.3 is 0 Å². The first-order valence-electron chi connectivity index (χ1n) is 6.53. The van der Waals surface area contributed by atoms with Crippen LogP contribution >= 0.6 is 0 Å². The molecule has 0 saturated heterocycles. The third-order valence-electron chi connectivity index (χ3n) is 2.83. The van der Waals surface area contributed by atoms with Gasteiger partial charge < -0.3 is 11.1 Å². The Balaban J connectivity index is 2.51. The highest BCUT2D eigenvalue weighted by atomic mass is 32.2. The van der Waals surface area contributed by atoms with E-state index in [9.17, 15) is 13.2 Å². The number of nitrogens with one attached hydrogen (secondary N) is 2. The van der Waals surface area contributed by atoms with E-state index in [1.165, 1.54) is 19.2 Å². The van der Waals surface area contributed by atoms with Crippen molar-refractivity contribution >= 4 is 21.6 Å². The van der Waals surface area contributed by atoms with E-state index in [-0.39, 0.29) is 10.8 Å². The van der Waals surface area contributed by atoms with Crippen LogP contribution in [0, 0.1) is 0 Å². The summed E-state index contributed by atoms with van der Waals surface area (Å²) in [6, 6.07) is 6.05. The van der Waals surface area contributed by atoms with E-state index in [2.05, 4.69) is 10.0 Å². The second-order valence-corrected chi connectivity index (χ2v) is 6.27. The molecule has 0 aromatic heterocycles. The minimum absolute atomic E-state index is 0.0776. The minimum Gasteiger partial charge on any atom is -0.330 e. The van der Waals surface area contributed by atoms with Gasteiger partial charge in [0.05, 0.1) is 4.90 Å². The van der Waals surface area contributed by atoms with Crippen LogP contribution in [0.3, 0.4) is 0 Å². The normalized spacial score (nSPS) is 11.3. The second kappa shape index (κ2) is 7.98. The summed E-state index contributed by atoms with van der Waals surface area (Å²) in [4.78, 5) is 11.8. The van der Waals surface area contributed by atoms with E-state index >= 15 is 0 Å². The quantitative estimate of drug-likeness (QED) is 0.624. The number of rotatable bonds is 8. The van der Waals surface area contributed by atoms with Crippen LogP contribution < -0.4 is 15.8 Å². The molecule has 6 nitrogen and oxygen atoms in total. The molecule has 0 aliphatic rings. The molecule has 0 aliphatic heterocycles. The highest BCUT2D eigenvalue weighted by molar-refractivity contribution is 7.89. The molecule has 20 heavy (non-hydrogen) atoms. The second-order valence-electron chi connectivity index (χ2n) is 4.38. The number of carbonyl (C=O) groups excluding carboxylic acids is 1. The first kappa shape index (κ1) is 16.6. The number of amides is 1. The average Bonchev–Trinajstić information content (AvgIpc) is 2.44. The van der Waals surface area contributed by atoms with Gasteiger partial charge in [-0.05, 0) is 50.7 Å². The molecule has 1 aromatic carbocycles. The van der Waals surface area contributed by atoms with Gasteiger partial charge in [-0.3, -0.25) is 4.79 Å². The van der Waals surface area contributed by atoms with Gasteiger partial charge in [0.1, 0.15) is 0 Å². The van der Waals surface area contributed by atoms with Crippen LogP contribution in [0.25, 0.3) is 0 Å². The highest BCUT2D eigenvalue weighted by Gasteiger charge is 2.10. The molecule has 0 fully saturated rings. The van der Waals surface area contributed by atoms with Crippen molar-refractivity contribution in [1.82, 2.24) is 4.72 Å². The molecule has 1 aromatic rings. The lowest BCUT2D eigenvalue weighted by Crippen LogP contribution is -2.18. The maximum atomic E-state index is 11.6. The molecule has 7 heteroatoms. The molecule has 0 heterocycles. The molecule has 1 amide bonds. The molecule has 0 saturated carbocycles.